The molecule has 0 atom stereocenters. The third kappa shape index (κ3) is 3.70. The fourth-order valence-corrected chi connectivity index (χ4v) is 3.23. The van der Waals surface area contributed by atoms with Gasteiger partial charge in [-0.2, -0.15) is 0 Å². The van der Waals surface area contributed by atoms with Crippen molar-refractivity contribution in [3.63, 3.8) is 0 Å². The Balaban J connectivity index is 1.84. The zero-order valence-corrected chi connectivity index (χ0v) is 14.5. The van der Waals surface area contributed by atoms with Gasteiger partial charge < -0.3 is 9.88 Å². The van der Waals surface area contributed by atoms with Crippen LogP contribution in [0.2, 0.25) is 0 Å². The second-order valence-corrected chi connectivity index (χ2v) is 7.14. The van der Waals surface area contributed by atoms with Crippen LogP contribution in [0.1, 0.15) is 12.7 Å². The lowest BCUT2D eigenvalue weighted by atomic mass is 10.3. The third-order valence-corrected chi connectivity index (χ3v) is 4.71. The molecule has 0 saturated carbocycles. The van der Waals surface area contributed by atoms with Gasteiger partial charge in [-0.25, -0.2) is 18.5 Å². The molecule has 7 nitrogen and oxygen atoms in total. The van der Waals surface area contributed by atoms with Crippen molar-refractivity contribution in [3.05, 3.63) is 54.4 Å². The third-order valence-electron chi connectivity index (χ3n) is 3.80. The van der Waals surface area contributed by atoms with E-state index in [4.69, 9.17) is 5.14 Å². The highest BCUT2D eigenvalue weighted by Crippen LogP contribution is 2.18. The number of primary sulfonamides is 1. The van der Waals surface area contributed by atoms with Crippen LogP contribution in [0.5, 0.6) is 0 Å². The molecule has 8 heteroatoms. The number of aromatic nitrogens is 2. The number of nitrogens with two attached hydrogens (primary N) is 1. The SMILES string of the molecule is CCc1nc2ccccc2n1CC(=O)Nc1cccc(S(N)(=O)=O)c1. The fraction of sp³-hybridized carbons (Fsp3) is 0.176. The molecule has 0 fully saturated rings. The molecule has 3 aromatic rings. The summed E-state index contributed by atoms with van der Waals surface area (Å²) in [5.74, 6) is 0.541. The van der Waals surface area contributed by atoms with E-state index in [1.807, 2.05) is 35.8 Å². The summed E-state index contributed by atoms with van der Waals surface area (Å²) in [5, 5.41) is 7.81. The highest BCUT2D eigenvalue weighted by molar-refractivity contribution is 7.89. The Hall–Kier alpha value is -2.71. The van der Waals surface area contributed by atoms with Gasteiger partial charge in [-0.3, -0.25) is 4.79 Å². The van der Waals surface area contributed by atoms with E-state index in [9.17, 15) is 13.2 Å². The number of imidazole rings is 1. The summed E-state index contributed by atoms with van der Waals surface area (Å²) in [6, 6.07) is 13.5. The minimum atomic E-state index is -3.82. The maximum absolute atomic E-state index is 12.4. The average molecular weight is 358 g/mol. The lowest BCUT2D eigenvalue weighted by Crippen LogP contribution is -2.20. The van der Waals surface area contributed by atoms with Gasteiger partial charge in [0.25, 0.3) is 0 Å². The van der Waals surface area contributed by atoms with E-state index in [0.717, 1.165) is 16.9 Å². The largest absolute Gasteiger partial charge is 0.324 e. The Morgan fingerprint density at radius 2 is 1.96 bits per heavy atom. The number of anilines is 1. The molecule has 0 radical (unpaired) electrons. The van der Waals surface area contributed by atoms with Crippen molar-refractivity contribution in [1.82, 2.24) is 9.55 Å². The van der Waals surface area contributed by atoms with Gasteiger partial charge in [0, 0.05) is 12.1 Å². The molecule has 3 rings (SSSR count). The lowest BCUT2D eigenvalue weighted by molar-refractivity contribution is -0.116. The number of carbonyl (C=O) groups is 1. The maximum Gasteiger partial charge on any atom is 0.244 e. The van der Waals surface area contributed by atoms with E-state index in [1.54, 1.807) is 6.07 Å². The Bertz CT molecular complexity index is 1040. The molecule has 1 aromatic heterocycles. The normalized spacial score (nSPS) is 11.6. The van der Waals surface area contributed by atoms with E-state index in [0.29, 0.717) is 12.1 Å². The summed E-state index contributed by atoms with van der Waals surface area (Å²) in [7, 11) is -3.82. The first-order valence-electron chi connectivity index (χ1n) is 7.75. The minimum absolute atomic E-state index is 0.0485. The Morgan fingerprint density at radius 1 is 1.20 bits per heavy atom. The number of benzene rings is 2. The predicted molar refractivity (Wildman–Crippen MR) is 95.6 cm³/mol. The minimum Gasteiger partial charge on any atom is -0.324 e. The monoisotopic (exact) mass is 358 g/mol. The summed E-state index contributed by atoms with van der Waals surface area (Å²) >= 11 is 0. The van der Waals surface area contributed by atoms with Crippen LogP contribution in [-0.2, 0) is 27.8 Å². The van der Waals surface area contributed by atoms with Gasteiger partial charge in [-0.15, -0.1) is 0 Å². The smallest absolute Gasteiger partial charge is 0.244 e. The molecule has 0 spiro atoms. The van der Waals surface area contributed by atoms with Crippen LogP contribution in [0.4, 0.5) is 5.69 Å². The summed E-state index contributed by atoms with van der Waals surface area (Å²) < 4.78 is 24.7. The van der Waals surface area contributed by atoms with E-state index in [2.05, 4.69) is 10.3 Å². The number of hydrogen-bond acceptors (Lipinski definition) is 4. The van der Waals surface area contributed by atoms with Crippen LogP contribution in [0.15, 0.2) is 53.4 Å². The summed E-state index contributed by atoms with van der Waals surface area (Å²) in [6.07, 6.45) is 0.697. The summed E-state index contributed by atoms with van der Waals surface area (Å²) in [5.41, 5.74) is 2.09. The molecule has 25 heavy (non-hydrogen) atoms. The van der Waals surface area contributed by atoms with Gasteiger partial charge >= 0.3 is 0 Å². The van der Waals surface area contributed by atoms with Gasteiger partial charge in [0.05, 0.1) is 15.9 Å². The van der Waals surface area contributed by atoms with Crippen molar-refractivity contribution in [2.75, 3.05) is 5.32 Å². The average Bonchev–Trinajstić information content (AvgIpc) is 2.92. The zero-order chi connectivity index (χ0) is 18.0. The summed E-state index contributed by atoms with van der Waals surface area (Å²) in [4.78, 5) is 16.9. The maximum atomic E-state index is 12.4. The molecule has 0 saturated heterocycles. The van der Waals surface area contributed by atoms with Crippen LogP contribution in [0.3, 0.4) is 0 Å². The van der Waals surface area contributed by atoms with Gasteiger partial charge in [-0.05, 0) is 30.3 Å². The van der Waals surface area contributed by atoms with Crippen LogP contribution in [-0.4, -0.2) is 23.9 Å². The summed E-state index contributed by atoms with van der Waals surface area (Å²) in [6.45, 7) is 2.06. The molecule has 1 heterocycles. The Kier molecular flexibility index (Phi) is 4.56. The molecule has 0 aliphatic carbocycles. The second kappa shape index (κ2) is 6.66. The quantitative estimate of drug-likeness (QED) is 0.726. The van der Waals surface area contributed by atoms with Crippen LogP contribution >= 0.6 is 0 Å². The molecular weight excluding hydrogens is 340 g/mol. The van der Waals surface area contributed by atoms with E-state index in [-0.39, 0.29) is 17.3 Å². The highest BCUT2D eigenvalue weighted by atomic mass is 32.2. The molecule has 0 unspecified atom stereocenters. The van der Waals surface area contributed by atoms with Crippen LogP contribution < -0.4 is 10.5 Å². The van der Waals surface area contributed by atoms with Gasteiger partial charge in [0.1, 0.15) is 12.4 Å². The number of para-hydroxylation sites is 2. The second-order valence-electron chi connectivity index (χ2n) is 5.58. The predicted octanol–water partition coefficient (Wildman–Crippen LogP) is 1.88. The van der Waals surface area contributed by atoms with Gasteiger partial charge in [-0.1, -0.05) is 25.1 Å². The molecule has 3 N–H and O–H groups in total. The Morgan fingerprint density at radius 3 is 2.68 bits per heavy atom. The molecule has 1 amide bonds. The number of amides is 1. The van der Waals surface area contributed by atoms with Crippen LogP contribution in [0, 0.1) is 0 Å². The Labute approximate surface area is 145 Å². The van der Waals surface area contributed by atoms with Crippen molar-refractivity contribution >= 4 is 32.7 Å². The number of carbonyl (C=O) groups excluding carboxylic acids is 1. The molecule has 0 aliphatic rings. The molecule has 0 aliphatic heterocycles. The topological polar surface area (TPSA) is 107 Å². The van der Waals surface area contributed by atoms with Gasteiger partial charge in [0.15, 0.2) is 0 Å². The molecule has 2 aromatic carbocycles. The lowest BCUT2D eigenvalue weighted by Gasteiger charge is -2.10. The van der Waals surface area contributed by atoms with E-state index >= 15 is 0 Å². The number of rotatable bonds is 5. The number of aryl methyl sites for hydroxylation is 1. The number of nitrogens with one attached hydrogen (secondary N) is 1. The van der Waals surface area contributed by atoms with Crippen molar-refractivity contribution in [2.24, 2.45) is 5.14 Å². The van der Waals surface area contributed by atoms with Gasteiger partial charge in [0.2, 0.25) is 15.9 Å². The first-order valence-corrected chi connectivity index (χ1v) is 9.30. The number of sulfonamides is 1. The van der Waals surface area contributed by atoms with Crippen molar-refractivity contribution in [2.45, 2.75) is 24.8 Å². The van der Waals surface area contributed by atoms with Crippen molar-refractivity contribution < 1.29 is 13.2 Å². The van der Waals surface area contributed by atoms with Crippen LogP contribution in [0.25, 0.3) is 11.0 Å². The molecule has 130 valence electrons. The first kappa shape index (κ1) is 17.1. The number of nitrogens with zero attached hydrogens (tertiary/aromatic N) is 2. The number of fused-ring (bicyclic) bond motifs is 1. The molecule has 0 bridgehead atoms. The zero-order valence-electron chi connectivity index (χ0n) is 13.6. The fourth-order valence-electron chi connectivity index (χ4n) is 2.67. The first-order chi connectivity index (χ1) is 11.9. The van der Waals surface area contributed by atoms with E-state index < -0.39 is 10.0 Å². The standard InChI is InChI=1S/C17H18N4O3S/c1-2-16-20-14-8-3-4-9-15(14)21(16)11-17(22)19-12-6-5-7-13(10-12)25(18,23)24/h3-10H,2,11H2,1H3,(H,19,22)(H2,18,23,24). The van der Waals surface area contributed by atoms with Crippen molar-refractivity contribution in [1.29, 1.82) is 0 Å². The molecular formula is C17H18N4O3S. The highest BCUT2D eigenvalue weighted by Gasteiger charge is 2.13. The van der Waals surface area contributed by atoms with E-state index in [1.165, 1.54) is 18.2 Å². The number of hydrogen-bond donors (Lipinski definition) is 2. The van der Waals surface area contributed by atoms with Crippen molar-refractivity contribution in [3.8, 4) is 0 Å².